The average molecular weight is 385 g/mol. The van der Waals surface area contributed by atoms with E-state index in [2.05, 4.69) is 111 Å². The van der Waals surface area contributed by atoms with Crippen molar-refractivity contribution in [2.24, 2.45) is 32.5 Å². The first-order valence-corrected chi connectivity index (χ1v) is 11.2. The van der Waals surface area contributed by atoms with E-state index in [1.807, 2.05) is 0 Å². The second-order valence-corrected chi connectivity index (χ2v) is 12.5. The first-order valence-electron chi connectivity index (χ1n) is 11.2. The van der Waals surface area contributed by atoms with Gasteiger partial charge >= 0.3 is 0 Å². The summed E-state index contributed by atoms with van der Waals surface area (Å²) in [6, 6.07) is 0. The molecule has 3 aliphatic carbocycles. The largest absolute Gasteiger partial charge is 0.0676 e. The molecular weight excluding hydrogens is 336 g/mol. The summed E-state index contributed by atoms with van der Waals surface area (Å²) in [5.41, 5.74) is 9.80. The maximum Gasteiger partial charge on any atom is 0.0151 e. The van der Waals surface area contributed by atoms with Crippen LogP contribution < -0.4 is 0 Å². The highest BCUT2D eigenvalue weighted by molar-refractivity contribution is 5.49. The molecule has 0 aromatic carbocycles. The molecule has 2 bridgehead atoms. The van der Waals surface area contributed by atoms with E-state index in [-0.39, 0.29) is 32.5 Å². The molecule has 0 fully saturated rings. The first kappa shape index (κ1) is 23.5. The van der Waals surface area contributed by atoms with Crippen molar-refractivity contribution in [3.63, 3.8) is 0 Å². The molecule has 3 rings (SSSR count). The number of fused-ring (bicyclic) bond motifs is 4. The van der Waals surface area contributed by atoms with Crippen molar-refractivity contribution in [1.29, 1.82) is 0 Å². The molecule has 0 heterocycles. The number of allylic oxidation sites excluding steroid dienone is 6. The molecular formula is C28H48. The van der Waals surface area contributed by atoms with Crippen molar-refractivity contribution in [2.45, 2.75) is 111 Å². The summed E-state index contributed by atoms with van der Waals surface area (Å²) in [4.78, 5) is 0. The third-order valence-electron chi connectivity index (χ3n) is 12.1. The normalized spacial score (nSPS) is 36.9. The van der Waals surface area contributed by atoms with Crippen LogP contribution in [0.5, 0.6) is 0 Å². The van der Waals surface area contributed by atoms with Gasteiger partial charge in [0.05, 0.1) is 0 Å². The lowest BCUT2D eigenvalue weighted by molar-refractivity contribution is 0.0315. The lowest BCUT2D eigenvalue weighted by atomic mass is 9.43. The molecule has 0 unspecified atom stereocenters. The van der Waals surface area contributed by atoms with E-state index < -0.39 is 0 Å². The Bertz CT molecular complexity index is 761. The number of hydrogen-bond donors (Lipinski definition) is 0. The Labute approximate surface area is 177 Å². The van der Waals surface area contributed by atoms with E-state index in [1.54, 1.807) is 33.4 Å². The molecule has 28 heavy (non-hydrogen) atoms. The molecule has 0 aromatic heterocycles. The van der Waals surface area contributed by atoms with E-state index in [0.29, 0.717) is 0 Å². The van der Waals surface area contributed by atoms with E-state index >= 15 is 0 Å². The second-order valence-electron chi connectivity index (χ2n) is 12.5. The maximum atomic E-state index is 2.55. The summed E-state index contributed by atoms with van der Waals surface area (Å²) in [6.45, 7) is 39.7. The Kier molecular flexibility index (Phi) is 4.94. The molecule has 0 saturated carbocycles. The zero-order chi connectivity index (χ0) is 22.5. The summed E-state index contributed by atoms with van der Waals surface area (Å²) in [5, 5.41) is 0. The van der Waals surface area contributed by atoms with Crippen molar-refractivity contribution in [1.82, 2.24) is 0 Å². The highest BCUT2D eigenvalue weighted by Gasteiger charge is 2.63. The van der Waals surface area contributed by atoms with E-state index in [9.17, 15) is 0 Å². The van der Waals surface area contributed by atoms with Crippen LogP contribution in [0.2, 0.25) is 0 Å². The molecule has 160 valence electrons. The molecule has 0 atom stereocenters. The number of hydrogen-bond acceptors (Lipinski definition) is 0. The van der Waals surface area contributed by atoms with Gasteiger partial charge in [0.15, 0.2) is 0 Å². The van der Waals surface area contributed by atoms with E-state index in [0.717, 1.165) is 0 Å². The molecule has 0 heteroatoms. The molecule has 0 spiro atoms. The molecule has 0 N–H and O–H groups in total. The standard InChI is InChI=1S/C28H48/c1-17-20(4)27(15)21(5)18(2)25(11,12)28(16,24(17,9)10)22(6)19(3)23(7,8)26(27,13)14/h1-16H3. The topological polar surface area (TPSA) is 0 Å². The fourth-order valence-electron chi connectivity index (χ4n) is 7.31. The minimum absolute atomic E-state index is 0.00637. The summed E-state index contributed by atoms with van der Waals surface area (Å²) in [5.74, 6) is 0. The molecule has 0 amide bonds. The van der Waals surface area contributed by atoms with Gasteiger partial charge < -0.3 is 0 Å². The molecule has 0 nitrogen and oxygen atoms in total. The Hall–Kier alpha value is -0.780. The predicted octanol–water partition coefficient (Wildman–Crippen LogP) is 9.14. The van der Waals surface area contributed by atoms with Crippen LogP contribution in [0.4, 0.5) is 0 Å². The highest BCUT2D eigenvalue weighted by atomic mass is 14.7. The van der Waals surface area contributed by atoms with Crippen molar-refractivity contribution < 1.29 is 0 Å². The van der Waals surface area contributed by atoms with Gasteiger partial charge in [0.2, 0.25) is 0 Å². The minimum atomic E-state index is 0.00637. The van der Waals surface area contributed by atoms with Gasteiger partial charge in [-0.3, -0.25) is 0 Å². The van der Waals surface area contributed by atoms with E-state index in [4.69, 9.17) is 0 Å². The Morgan fingerprint density at radius 3 is 0.964 bits per heavy atom. The Morgan fingerprint density at radius 1 is 0.357 bits per heavy atom. The van der Waals surface area contributed by atoms with Crippen LogP contribution in [0, 0.1) is 32.5 Å². The van der Waals surface area contributed by atoms with Gasteiger partial charge in [0, 0.05) is 10.8 Å². The summed E-state index contributed by atoms with van der Waals surface area (Å²) < 4.78 is 0. The number of rotatable bonds is 0. The lowest BCUT2D eigenvalue weighted by Gasteiger charge is -2.60. The molecule has 3 aliphatic rings. The van der Waals surface area contributed by atoms with Gasteiger partial charge in [-0.15, -0.1) is 0 Å². The zero-order valence-electron chi connectivity index (χ0n) is 22.0. The lowest BCUT2D eigenvalue weighted by Crippen LogP contribution is -2.52. The summed E-state index contributed by atoms with van der Waals surface area (Å²) in [7, 11) is 0. The van der Waals surface area contributed by atoms with Gasteiger partial charge in [-0.1, -0.05) is 103 Å². The van der Waals surface area contributed by atoms with Crippen molar-refractivity contribution in [2.75, 3.05) is 0 Å². The molecule has 0 radical (unpaired) electrons. The van der Waals surface area contributed by atoms with Crippen LogP contribution in [-0.2, 0) is 0 Å². The summed E-state index contributed by atoms with van der Waals surface area (Å²) in [6.07, 6.45) is 0. The van der Waals surface area contributed by atoms with Crippen molar-refractivity contribution in [3.05, 3.63) is 33.4 Å². The second kappa shape index (κ2) is 5.89. The van der Waals surface area contributed by atoms with Gasteiger partial charge in [0.1, 0.15) is 0 Å². The fourth-order valence-corrected chi connectivity index (χ4v) is 7.31. The van der Waals surface area contributed by atoms with Crippen LogP contribution in [0.15, 0.2) is 33.4 Å². The van der Waals surface area contributed by atoms with Gasteiger partial charge in [0.25, 0.3) is 0 Å². The monoisotopic (exact) mass is 384 g/mol. The van der Waals surface area contributed by atoms with Gasteiger partial charge in [-0.25, -0.2) is 0 Å². The fraction of sp³-hybridized carbons (Fsp3) is 0.786. The minimum Gasteiger partial charge on any atom is -0.0676 e. The molecule has 0 aliphatic heterocycles. The van der Waals surface area contributed by atoms with Gasteiger partial charge in [-0.05, 0) is 63.2 Å². The Balaban J connectivity index is 3.40. The quantitative estimate of drug-likeness (QED) is 0.365. The SMILES string of the molecule is CC1=C(C)C2(C)C(C)(C)C(C)=C(C)C(C)(C(C)=C(C)C2(C)C)C(C)(C)C1(C)C. The smallest absolute Gasteiger partial charge is 0.0151 e. The highest BCUT2D eigenvalue weighted by Crippen LogP contribution is 2.72. The van der Waals surface area contributed by atoms with Crippen LogP contribution in [0.1, 0.15) is 111 Å². The van der Waals surface area contributed by atoms with E-state index in [1.165, 1.54) is 0 Å². The third-order valence-corrected chi connectivity index (χ3v) is 12.1. The van der Waals surface area contributed by atoms with Gasteiger partial charge in [-0.2, -0.15) is 0 Å². The van der Waals surface area contributed by atoms with Crippen molar-refractivity contribution in [3.8, 4) is 0 Å². The molecule has 0 aromatic rings. The van der Waals surface area contributed by atoms with Crippen LogP contribution in [0.25, 0.3) is 0 Å². The van der Waals surface area contributed by atoms with Crippen LogP contribution in [-0.4, -0.2) is 0 Å². The van der Waals surface area contributed by atoms with Crippen molar-refractivity contribution >= 4 is 0 Å². The van der Waals surface area contributed by atoms with Crippen LogP contribution >= 0.6 is 0 Å². The Morgan fingerprint density at radius 2 is 0.643 bits per heavy atom. The summed E-state index contributed by atoms with van der Waals surface area (Å²) >= 11 is 0. The molecule has 0 saturated heterocycles. The average Bonchev–Trinajstić information content (AvgIpc) is 2.60. The zero-order valence-corrected chi connectivity index (χ0v) is 22.0. The third kappa shape index (κ3) is 2.14. The predicted molar refractivity (Wildman–Crippen MR) is 126 cm³/mol. The van der Waals surface area contributed by atoms with Crippen LogP contribution in [0.3, 0.4) is 0 Å². The maximum absolute atomic E-state index is 2.55. The first-order chi connectivity index (χ1) is 12.2.